The topological polar surface area (TPSA) is 149 Å². The third-order valence-electron chi connectivity index (χ3n) is 8.93. The maximum absolute atomic E-state index is 14.9. The maximum atomic E-state index is 14.9. The number of piperidine rings is 1. The number of amides is 1. The fourth-order valence-corrected chi connectivity index (χ4v) is 6.25. The molecule has 13 nitrogen and oxygen atoms in total. The molecule has 5 heterocycles. The second kappa shape index (κ2) is 13.8. The van der Waals surface area contributed by atoms with Gasteiger partial charge in [0.15, 0.2) is 6.10 Å². The zero-order chi connectivity index (χ0) is 34.0. The van der Waals surface area contributed by atoms with Gasteiger partial charge >= 0.3 is 5.92 Å². The lowest BCUT2D eigenvalue weighted by Gasteiger charge is -2.46. The lowest BCUT2D eigenvalue weighted by molar-refractivity contribution is -0.165. The third-order valence-corrected chi connectivity index (χ3v) is 8.93. The number of aliphatic hydroxyl groups is 1. The van der Waals surface area contributed by atoms with Crippen molar-refractivity contribution in [1.29, 1.82) is 5.26 Å². The quantitative estimate of drug-likeness (QED) is 0.346. The Morgan fingerprint density at radius 3 is 2.65 bits per heavy atom. The van der Waals surface area contributed by atoms with Gasteiger partial charge in [0.2, 0.25) is 5.88 Å². The predicted molar refractivity (Wildman–Crippen MR) is 171 cm³/mol. The van der Waals surface area contributed by atoms with Gasteiger partial charge < -0.3 is 34.4 Å². The number of carbonyl (C=O) groups is 1. The highest BCUT2D eigenvalue weighted by molar-refractivity contribution is 5.80. The molecule has 2 unspecified atom stereocenters. The number of likely N-dealkylation sites (tertiary alicyclic amines) is 1. The predicted octanol–water partition coefficient (Wildman–Crippen LogP) is 3.07. The van der Waals surface area contributed by atoms with Crippen molar-refractivity contribution < 1.29 is 32.9 Å². The van der Waals surface area contributed by atoms with Crippen molar-refractivity contribution in [1.82, 2.24) is 24.8 Å². The van der Waals surface area contributed by atoms with Crippen LogP contribution in [0.3, 0.4) is 0 Å². The number of aromatic nitrogens is 3. The van der Waals surface area contributed by atoms with Crippen LogP contribution in [0.15, 0.2) is 42.7 Å². The number of pyridine rings is 1. The van der Waals surface area contributed by atoms with Crippen molar-refractivity contribution in [3.8, 4) is 29.0 Å². The van der Waals surface area contributed by atoms with Crippen LogP contribution in [-0.2, 0) is 9.53 Å². The first-order valence-electron chi connectivity index (χ1n) is 15.8. The number of nitrogens with zero attached hydrogens (tertiary/aromatic N) is 7. The van der Waals surface area contributed by atoms with Gasteiger partial charge in [-0.2, -0.15) is 10.2 Å². The van der Waals surface area contributed by atoms with Gasteiger partial charge in [0.05, 0.1) is 44.2 Å². The second-order valence-electron chi connectivity index (χ2n) is 12.3. The molecule has 2 aromatic heterocycles. The Bertz CT molecular complexity index is 1680. The van der Waals surface area contributed by atoms with Crippen LogP contribution in [0.4, 0.5) is 26.1 Å². The number of alkyl halides is 2. The van der Waals surface area contributed by atoms with Gasteiger partial charge in [0, 0.05) is 50.3 Å². The number of halogens is 2. The largest absolute Gasteiger partial charge is 0.483 e. The van der Waals surface area contributed by atoms with Crippen LogP contribution in [0.5, 0.6) is 11.6 Å². The summed E-state index contributed by atoms with van der Waals surface area (Å²) in [5, 5.41) is 22.5. The monoisotopic (exact) mass is 664 g/mol. The molecule has 0 spiro atoms. The number of carbonyl (C=O) groups excluding carboxylic acids is 1. The summed E-state index contributed by atoms with van der Waals surface area (Å²) in [6.07, 6.45) is -1.71. The van der Waals surface area contributed by atoms with E-state index in [0.29, 0.717) is 34.8 Å². The number of nitrogens with one attached hydrogen (secondary N) is 1. The number of piperazine rings is 1. The molecule has 0 bridgehead atoms. The second-order valence-corrected chi connectivity index (χ2v) is 12.3. The minimum Gasteiger partial charge on any atom is -0.483 e. The summed E-state index contributed by atoms with van der Waals surface area (Å²) in [7, 11) is 1.59. The fourth-order valence-electron chi connectivity index (χ4n) is 6.25. The van der Waals surface area contributed by atoms with Gasteiger partial charge in [0.1, 0.15) is 41.6 Å². The summed E-state index contributed by atoms with van der Waals surface area (Å²) in [6.45, 7) is 6.84. The molecule has 3 saturated heterocycles. The standard InChI is InChI=1S/C33H38F2N8O5/c1-20-15-41(24-16-47-17-24)10-11-43(20)26-5-7-29(40-31(26)46-3)39-30-13-25(37-19-38-30)22-4-6-27(23(12-22)14-36)48-28-8-9-42(18-33(28,34)35)32(45)21(2)44/h4-7,12-13,19-21,24,28,44H,8-11,15-18H2,1-3H3,(H,37,38,39,40)/t20-,21?,28?/m0/s1. The Hall–Kier alpha value is -4.65. The molecular formula is C33H38F2N8O5. The lowest BCUT2D eigenvalue weighted by Crippen LogP contribution is -2.59. The molecule has 3 aliphatic rings. The zero-order valence-electron chi connectivity index (χ0n) is 27.0. The van der Waals surface area contributed by atoms with E-state index in [9.17, 15) is 23.9 Å². The first-order valence-corrected chi connectivity index (χ1v) is 15.8. The van der Waals surface area contributed by atoms with Crippen molar-refractivity contribution in [2.24, 2.45) is 0 Å². The summed E-state index contributed by atoms with van der Waals surface area (Å²) in [4.78, 5) is 31.1. The molecule has 3 atom stereocenters. The van der Waals surface area contributed by atoms with E-state index < -0.39 is 30.6 Å². The van der Waals surface area contributed by atoms with Gasteiger partial charge in [-0.3, -0.25) is 9.69 Å². The number of hydrogen-bond acceptors (Lipinski definition) is 12. The van der Waals surface area contributed by atoms with Gasteiger partial charge in [0.25, 0.3) is 5.91 Å². The van der Waals surface area contributed by atoms with Crippen LogP contribution in [0.25, 0.3) is 11.3 Å². The van der Waals surface area contributed by atoms with Crippen molar-refractivity contribution in [3.63, 3.8) is 0 Å². The molecule has 6 rings (SSSR count). The van der Waals surface area contributed by atoms with Crippen molar-refractivity contribution in [2.75, 3.05) is 63.3 Å². The number of benzene rings is 1. The van der Waals surface area contributed by atoms with Gasteiger partial charge in [-0.25, -0.2) is 18.7 Å². The van der Waals surface area contributed by atoms with E-state index >= 15 is 0 Å². The van der Waals surface area contributed by atoms with E-state index in [1.165, 1.54) is 25.4 Å². The molecule has 0 radical (unpaired) electrons. The summed E-state index contributed by atoms with van der Waals surface area (Å²) in [5.41, 5.74) is 2.00. The molecule has 3 aliphatic heterocycles. The average molecular weight is 665 g/mol. The minimum absolute atomic E-state index is 0.00203. The number of nitriles is 1. The molecule has 3 fully saturated rings. The molecule has 2 N–H and O–H groups in total. The van der Waals surface area contributed by atoms with Crippen molar-refractivity contribution in [2.45, 2.75) is 50.5 Å². The Kier molecular flexibility index (Phi) is 9.58. The lowest BCUT2D eigenvalue weighted by atomic mass is 10.0. The molecule has 254 valence electrons. The Balaban J connectivity index is 1.13. The molecule has 1 aromatic carbocycles. The molecule has 1 amide bonds. The SMILES string of the molecule is COc1nc(Nc2cc(-c3ccc(OC4CCN(C(=O)C(C)O)CC4(F)F)c(C#N)c3)ncn2)ccc1N1CCN(C2COC2)C[C@@H]1C. The summed E-state index contributed by atoms with van der Waals surface area (Å²) in [5.74, 6) is -2.69. The van der Waals surface area contributed by atoms with E-state index in [4.69, 9.17) is 14.2 Å². The normalized spacial score (nSPS) is 21.9. The molecule has 15 heteroatoms. The number of rotatable bonds is 9. The molecule has 0 saturated carbocycles. The average Bonchev–Trinajstić information content (AvgIpc) is 3.04. The molecular weight excluding hydrogens is 626 g/mol. The summed E-state index contributed by atoms with van der Waals surface area (Å²) in [6, 6.07) is 12.9. The number of methoxy groups -OCH3 is 1. The number of hydrogen-bond donors (Lipinski definition) is 2. The smallest absolute Gasteiger partial charge is 0.301 e. The van der Waals surface area contributed by atoms with E-state index in [1.54, 1.807) is 19.2 Å². The Morgan fingerprint density at radius 1 is 1.17 bits per heavy atom. The Morgan fingerprint density at radius 2 is 1.98 bits per heavy atom. The molecule has 3 aromatic rings. The van der Waals surface area contributed by atoms with Crippen LogP contribution in [-0.4, -0.2) is 119 Å². The minimum atomic E-state index is -3.38. The van der Waals surface area contributed by atoms with Gasteiger partial charge in [-0.1, -0.05) is 0 Å². The maximum Gasteiger partial charge on any atom is 0.301 e. The highest BCUT2D eigenvalue weighted by Gasteiger charge is 2.48. The van der Waals surface area contributed by atoms with Crippen LogP contribution in [0, 0.1) is 11.3 Å². The van der Waals surface area contributed by atoms with E-state index in [1.807, 2.05) is 18.2 Å². The van der Waals surface area contributed by atoms with Gasteiger partial charge in [-0.05, 0) is 44.2 Å². The van der Waals surface area contributed by atoms with Crippen LogP contribution < -0.4 is 19.7 Å². The van der Waals surface area contributed by atoms with Gasteiger partial charge in [-0.15, -0.1) is 0 Å². The Labute approximate surface area is 277 Å². The fraction of sp³-hybridized carbons (Fsp3) is 0.485. The molecule has 0 aliphatic carbocycles. The van der Waals surface area contributed by atoms with Crippen molar-refractivity contribution in [3.05, 3.63) is 48.3 Å². The highest BCUT2D eigenvalue weighted by atomic mass is 19.3. The summed E-state index contributed by atoms with van der Waals surface area (Å²) >= 11 is 0. The van der Waals surface area contributed by atoms with Crippen LogP contribution in [0.2, 0.25) is 0 Å². The number of aliphatic hydroxyl groups excluding tert-OH is 1. The first kappa shape index (κ1) is 33.3. The number of anilines is 3. The van der Waals surface area contributed by atoms with E-state index in [0.717, 1.165) is 43.4 Å². The molecule has 48 heavy (non-hydrogen) atoms. The first-order chi connectivity index (χ1) is 23.1. The third kappa shape index (κ3) is 6.96. The highest BCUT2D eigenvalue weighted by Crippen LogP contribution is 2.35. The summed E-state index contributed by atoms with van der Waals surface area (Å²) < 4.78 is 46.6. The zero-order valence-corrected chi connectivity index (χ0v) is 27.0. The van der Waals surface area contributed by atoms with Crippen LogP contribution in [0.1, 0.15) is 25.8 Å². The van der Waals surface area contributed by atoms with E-state index in [-0.39, 0.29) is 30.3 Å². The number of ether oxygens (including phenoxy) is 3. The van der Waals surface area contributed by atoms with Crippen molar-refractivity contribution >= 4 is 23.2 Å². The van der Waals surface area contributed by atoms with Crippen LogP contribution >= 0.6 is 0 Å². The van der Waals surface area contributed by atoms with E-state index in [2.05, 4.69) is 37.0 Å².